The lowest BCUT2D eigenvalue weighted by atomic mass is 10.2. The molecule has 0 aliphatic heterocycles. The predicted molar refractivity (Wildman–Crippen MR) is 119 cm³/mol. The van der Waals surface area contributed by atoms with Gasteiger partial charge in [0.1, 0.15) is 12.4 Å². The molecule has 0 N–H and O–H groups in total. The number of nitrogens with zero attached hydrogens (tertiary/aromatic N) is 3. The minimum Gasteiger partial charge on any atom is -0.489 e. The van der Waals surface area contributed by atoms with E-state index in [1.807, 2.05) is 48.5 Å². The number of benzene rings is 2. The van der Waals surface area contributed by atoms with Crippen molar-refractivity contribution in [2.45, 2.75) is 32.9 Å². The number of hydrogen-bond acceptors (Lipinski definition) is 3. The minimum absolute atomic E-state index is 0.133. The predicted octanol–water partition coefficient (Wildman–Crippen LogP) is 5.14. The summed E-state index contributed by atoms with van der Waals surface area (Å²) in [5, 5.41) is 6.50. The summed E-state index contributed by atoms with van der Waals surface area (Å²) in [7, 11) is 0. The molecule has 1 aliphatic rings. The molecule has 2 heterocycles. The van der Waals surface area contributed by atoms with Crippen molar-refractivity contribution in [1.82, 2.24) is 14.3 Å². The van der Waals surface area contributed by atoms with Gasteiger partial charge in [-0.1, -0.05) is 23.7 Å². The highest BCUT2D eigenvalue weighted by Gasteiger charge is 2.23. The van der Waals surface area contributed by atoms with E-state index < -0.39 is 0 Å². The van der Waals surface area contributed by atoms with Crippen LogP contribution in [0.25, 0.3) is 16.6 Å². The average molecular weight is 420 g/mol. The summed E-state index contributed by atoms with van der Waals surface area (Å²) in [5.74, 6) is 1.31. The second-order valence-electron chi connectivity index (χ2n) is 7.90. The van der Waals surface area contributed by atoms with Crippen molar-refractivity contribution in [3.63, 3.8) is 0 Å². The van der Waals surface area contributed by atoms with Crippen molar-refractivity contribution in [1.29, 1.82) is 0 Å². The molecule has 152 valence electrons. The Morgan fingerprint density at radius 2 is 1.90 bits per heavy atom. The van der Waals surface area contributed by atoms with Crippen molar-refractivity contribution in [3.8, 4) is 11.4 Å². The molecule has 2 aromatic heterocycles. The van der Waals surface area contributed by atoms with Crippen LogP contribution < -0.4 is 10.3 Å². The monoisotopic (exact) mass is 419 g/mol. The average Bonchev–Trinajstić information content (AvgIpc) is 3.51. The fraction of sp³-hybridized carbons (Fsp3) is 0.250. The summed E-state index contributed by atoms with van der Waals surface area (Å²) in [5.41, 5.74) is 3.80. The first-order valence-electron chi connectivity index (χ1n) is 10.1. The molecule has 1 aliphatic carbocycles. The van der Waals surface area contributed by atoms with Gasteiger partial charge in [0.25, 0.3) is 5.56 Å². The molecule has 0 atom stereocenters. The normalized spacial score (nSPS) is 13.7. The van der Waals surface area contributed by atoms with Crippen LogP contribution in [0.3, 0.4) is 0 Å². The molecule has 5 rings (SSSR count). The highest BCUT2D eigenvalue weighted by molar-refractivity contribution is 6.30. The van der Waals surface area contributed by atoms with Crippen LogP contribution in [0.2, 0.25) is 5.02 Å². The fourth-order valence-electron chi connectivity index (χ4n) is 3.63. The molecule has 2 aromatic carbocycles. The molecule has 1 saturated carbocycles. The van der Waals surface area contributed by atoms with Gasteiger partial charge in [0.15, 0.2) is 0 Å². The number of halogens is 1. The molecular weight excluding hydrogens is 398 g/mol. The van der Waals surface area contributed by atoms with Gasteiger partial charge in [-0.25, -0.2) is 0 Å². The SMILES string of the molecule is Cc1c2cc(-n3ccc(OCc4ccc(Cl)cc4)cc3=O)ccc2nn1CC1CC1. The molecule has 5 nitrogen and oxygen atoms in total. The van der Waals surface area contributed by atoms with Crippen LogP contribution in [0, 0.1) is 12.8 Å². The third-order valence-corrected chi connectivity index (χ3v) is 5.85. The second-order valence-corrected chi connectivity index (χ2v) is 8.33. The fourth-order valence-corrected chi connectivity index (χ4v) is 3.75. The van der Waals surface area contributed by atoms with E-state index in [2.05, 4.69) is 11.6 Å². The van der Waals surface area contributed by atoms with E-state index in [1.54, 1.807) is 10.8 Å². The van der Waals surface area contributed by atoms with E-state index in [-0.39, 0.29) is 5.56 Å². The first kappa shape index (κ1) is 18.9. The van der Waals surface area contributed by atoms with Crippen LogP contribution in [-0.2, 0) is 13.2 Å². The second kappa shape index (κ2) is 7.65. The maximum Gasteiger partial charge on any atom is 0.258 e. The smallest absolute Gasteiger partial charge is 0.258 e. The molecule has 0 radical (unpaired) electrons. The van der Waals surface area contributed by atoms with Crippen LogP contribution in [0.1, 0.15) is 24.1 Å². The first-order valence-corrected chi connectivity index (χ1v) is 10.5. The number of aromatic nitrogens is 3. The van der Waals surface area contributed by atoms with Crippen molar-refractivity contribution < 1.29 is 4.74 Å². The van der Waals surface area contributed by atoms with Gasteiger partial charge in [-0.3, -0.25) is 14.0 Å². The van der Waals surface area contributed by atoms with Crippen LogP contribution in [-0.4, -0.2) is 14.3 Å². The summed E-state index contributed by atoms with van der Waals surface area (Å²) in [6.45, 7) is 3.46. The highest BCUT2D eigenvalue weighted by Crippen LogP contribution is 2.32. The summed E-state index contributed by atoms with van der Waals surface area (Å²) < 4.78 is 9.50. The maximum atomic E-state index is 12.7. The molecule has 0 saturated heterocycles. The van der Waals surface area contributed by atoms with Gasteiger partial charge in [0, 0.05) is 40.6 Å². The van der Waals surface area contributed by atoms with E-state index in [4.69, 9.17) is 21.4 Å². The number of aryl methyl sites for hydroxylation is 1. The lowest BCUT2D eigenvalue weighted by Crippen LogP contribution is -2.16. The Labute approximate surface area is 179 Å². The highest BCUT2D eigenvalue weighted by atomic mass is 35.5. The van der Waals surface area contributed by atoms with E-state index in [0.29, 0.717) is 17.4 Å². The Morgan fingerprint density at radius 1 is 1.10 bits per heavy atom. The third-order valence-electron chi connectivity index (χ3n) is 5.60. The van der Waals surface area contributed by atoms with Crippen LogP contribution in [0.4, 0.5) is 0 Å². The van der Waals surface area contributed by atoms with Gasteiger partial charge in [0.05, 0.1) is 5.52 Å². The number of fused-ring (bicyclic) bond motifs is 1. The standard InChI is InChI=1S/C24H22ClN3O2/c1-16-22-12-20(8-9-23(22)26-28(16)14-17-2-3-17)27-11-10-21(13-24(27)29)30-15-18-4-6-19(25)7-5-18/h4-13,17H,2-3,14-15H2,1H3. The van der Waals surface area contributed by atoms with Crippen molar-refractivity contribution in [2.24, 2.45) is 5.92 Å². The lowest BCUT2D eigenvalue weighted by Gasteiger charge is -2.09. The van der Waals surface area contributed by atoms with Crippen LogP contribution >= 0.6 is 11.6 Å². The molecule has 0 amide bonds. The Balaban J connectivity index is 1.38. The van der Waals surface area contributed by atoms with Gasteiger partial charge in [-0.05, 0) is 67.6 Å². The molecule has 1 fully saturated rings. The van der Waals surface area contributed by atoms with E-state index >= 15 is 0 Å². The number of ether oxygens (including phenoxy) is 1. The lowest BCUT2D eigenvalue weighted by molar-refractivity contribution is 0.305. The van der Waals surface area contributed by atoms with Gasteiger partial charge >= 0.3 is 0 Å². The quantitative estimate of drug-likeness (QED) is 0.435. The number of pyridine rings is 1. The van der Waals surface area contributed by atoms with Gasteiger partial charge in [-0.2, -0.15) is 5.10 Å². The van der Waals surface area contributed by atoms with Crippen LogP contribution in [0.5, 0.6) is 5.75 Å². The largest absolute Gasteiger partial charge is 0.489 e. The zero-order valence-electron chi connectivity index (χ0n) is 16.7. The summed E-state index contributed by atoms with van der Waals surface area (Å²) in [4.78, 5) is 12.7. The van der Waals surface area contributed by atoms with Gasteiger partial charge < -0.3 is 4.74 Å². The summed E-state index contributed by atoms with van der Waals surface area (Å²) >= 11 is 5.91. The maximum absolute atomic E-state index is 12.7. The zero-order chi connectivity index (χ0) is 20.7. The van der Waals surface area contributed by atoms with E-state index in [0.717, 1.165) is 40.3 Å². The molecule has 6 heteroatoms. The topological polar surface area (TPSA) is 49.1 Å². The minimum atomic E-state index is -0.133. The molecule has 0 spiro atoms. The summed E-state index contributed by atoms with van der Waals surface area (Å²) in [6.07, 6.45) is 4.34. The Bertz CT molecular complexity index is 1270. The number of hydrogen-bond donors (Lipinski definition) is 0. The first-order chi connectivity index (χ1) is 14.6. The molecular formula is C24H22ClN3O2. The van der Waals surface area contributed by atoms with E-state index in [1.165, 1.54) is 18.9 Å². The Kier molecular flexibility index (Phi) is 4.83. The third kappa shape index (κ3) is 3.85. The van der Waals surface area contributed by atoms with Crippen molar-refractivity contribution in [3.05, 3.63) is 87.4 Å². The van der Waals surface area contributed by atoms with Crippen molar-refractivity contribution >= 4 is 22.5 Å². The Hall–Kier alpha value is -3.05. The molecule has 0 unspecified atom stereocenters. The van der Waals surface area contributed by atoms with Crippen molar-refractivity contribution in [2.75, 3.05) is 0 Å². The van der Waals surface area contributed by atoms with E-state index in [9.17, 15) is 4.79 Å². The number of rotatable bonds is 6. The van der Waals surface area contributed by atoms with Gasteiger partial charge in [-0.15, -0.1) is 0 Å². The molecule has 0 bridgehead atoms. The molecule has 4 aromatic rings. The van der Waals surface area contributed by atoms with Crippen LogP contribution in [0.15, 0.2) is 65.6 Å². The molecule has 30 heavy (non-hydrogen) atoms. The zero-order valence-corrected chi connectivity index (χ0v) is 17.5. The van der Waals surface area contributed by atoms with Gasteiger partial charge in [0.2, 0.25) is 0 Å². The Morgan fingerprint density at radius 3 is 2.63 bits per heavy atom. The summed E-state index contributed by atoms with van der Waals surface area (Å²) in [6, 6.07) is 16.7.